The molecule has 1 aliphatic carbocycles. The monoisotopic (exact) mass is 203 g/mol. The summed E-state index contributed by atoms with van der Waals surface area (Å²) in [4.78, 5) is 11.6. The maximum atomic E-state index is 11.6. The molecule has 1 aromatic rings. The molecule has 2 rings (SSSR count). The topological polar surface area (TPSA) is 29.1 Å². The summed E-state index contributed by atoms with van der Waals surface area (Å²) in [5, 5.41) is 2.96. The lowest BCUT2D eigenvalue weighted by molar-refractivity contribution is -0.119. The van der Waals surface area contributed by atoms with Crippen LogP contribution in [0.4, 0.5) is 5.69 Å². The lowest BCUT2D eigenvalue weighted by Crippen LogP contribution is -2.20. The molecule has 0 fully saturated rings. The van der Waals surface area contributed by atoms with Crippen LogP contribution in [0.1, 0.15) is 31.4 Å². The van der Waals surface area contributed by atoms with Crippen LogP contribution in [0.5, 0.6) is 0 Å². The summed E-state index contributed by atoms with van der Waals surface area (Å²) in [6, 6.07) is 6.21. The molecule has 0 radical (unpaired) electrons. The van der Waals surface area contributed by atoms with E-state index in [9.17, 15) is 4.79 Å². The summed E-state index contributed by atoms with van der Waals surface area (Å²) in [6.45, 7) is 3.98. The van der Waals surface area contributed by atoms with Gasteiger partial charge >= 0.3 is 0 Å². The second-order valence-corrected chi connectivity index (χ2v) is 4.28. The fraction of sp³-hybridized carbons (Fsp3) is 0.462. The Morgan fingerprint density at radius 3 is 2.67 bits per heavy atom. The molecule has 0 spiro atoms. The number of benzene rings is 1. The van der Waals surface area contributed by atoms with E-state index < -0.39 is 0 Å². The summed E-state index contributed by atoms with van der Waals surface area (Å²) >= 11 is 0. The van der Waals surface area contributed by atoms with Crippen molar-refractivity contribution in [1.82, 2.24) is 0 Å². The summed E-state index contributed by atoms with van der Waals surface area (Å²) in [5.41, 5.74) is 3.76. The first-order valence-corrected chi connectivity index (χ1v) is 5.63. The Morgan fingerprint density at radius 2 is 2.13 bits per heavy atom. The molecule has 0 saturated heterocycles. The fourth-order valence-electron chi connectivity index (χ4n) is 1.72. The van der Waals surface area contributed by atoms with Gasteiger partial charge in [-0.15, -0.1) is 0 Å². The Labute approximate surface area is 90.7 Å². The maximum Gasteiger partial charge on any atom is 0.227 e. The minimum Gasteiger partial charge on any atom is -0.326 e. The Bertz CT molecular complexity index is 384. The highest BCUT2D eigenvalue weighted by molar-refractivity contribution is 5.92. The molecule has 1 amide bonds. The molecule has 0 saturated carbocycles. The molecule has 1 aliphatic rings. The third-order valence-electron chi connectivity index (χ3n) is 3.20. The Kier molecular flexibility index (Phi) is 2.76. The van der Waals surface area contributed by atoms with E-state index in [1.165, 1.54) is 17.5 Å². The molecule has 15 heavy (non-hydrogen) atoms. The zero-order valence-corrected chi connectivity index (χ0v) is 9.34. The van der Waals surface area contributed by atoms with Gasteiger partial charge in [-0.2, -0.15) is 0 Å². The van der Waals surface area contributed by atoms with E-state index in [1.54, 1.807) is 0 Å². The van der Waals surface area contributed by atoms with Crippen molar-refractivity contribution in [2.75, 3.05) is 5.32 Å². The van der Waals surface area contributed by atoms with Crippen LogP contribution >= 0.6 is 0 Å². The quantitative estimate of drug-likeness (QED) is 0.804. The molecule has 1 unspecified atom stereocenters. The number of anilines is 1. The Balaban J connectivity index is 2.05. The summed E-state index contributed by atoms with van der Waals surface area (Å²) < 4.78 is 0. The van der Waals surface area contributed by atoms with E-state index in [1.807, 2.05) is 19.9 Å². The average Bonchev–Trinajstić information content (AvgIpc) is 2.21. The number of amides is 1. The molecule has 0 bridgehead atoms. The number of hydrogen-bond acceptors (Lipinski definition) is 1. The van der Waals surface area contributed by atoms with Gasteiger partial charge in [0.2, 0.25) is 5.91 Å². The fourth-order valence-corrected chi connectivity index (χ4v) is 1.72. The Morgan fingerprint density at radius 1 is 1.40 bits per heavy atom. The summed E-state index contributed by atoms with van der Waals surface area (Å²) in [6.07, 6.45) is 3.23. The van der Waals surface area contributed by atoms with Gasteiger partial charge in [0.25, 0.3) is 0 Å². The number of rotatable bonds is 3. The second kappa shape index (κ2) is 4.05. The van der Waals surface area contributed by atoms with Gasteiger partial charge in [-0.1, -0.05) is 19.9 Å². The molecule has 1 atom stereocenters. The first kappa shape index (κ1) is 10.2. The summed E-state index contributed by atoms with van der Waals surface area (Å²) in [5.74, 6) is 0.216. The molecular formula is C13H17NO. The molecule has 2 heteroatoms. The van der Waals surface area contributed by atoms with Gasteiger partial charge < -0.3 is 5.32 Å². The zero-order valence-electron chi connectivity index (χ0n) is 9.34. The van der Waals surface area contributed by atoms with Crippen LogP contribution in [0, 0.1) is 5.92 Å². The molecule has 1 N–H and O–H groups in total. The van der Waals surface area contributed by atoms with Crippen LogP contribution in [-0.4, -0.2) is 5.91 Å². The van der Waals surface area contributed by atoms with Crippen LogP contribution in [0.2, 0.25) is 0 Å². The second-order valence-electron chi connectivity index (χ2n) is 4.28. The van der Waals surface area contributed by atoms with Crippen molar-refractivity contribution < 1.29 is 4.79 Å². The third kappa shape index (κ3) is 2.04. The van der Waals surface area contributed by atoms with Crippen molar-refractivity contribution in [3.05, 3.63) is 29.3 Å². The number of aryl methyl sites for hydroxylation is 2. The van der Waals surface area contributed by atoms with Crippen molar-refractivity contribution >= 4 is 11.6 Å². The van der Waals surface area contributed by atoms with Gasteiger partial charge in [-0.3, -0.25) is 4.79 Å². The third-order valence-corrected chi connectivity index (χ3v) is 3.20. The van der Waals surface area contributed by atoms with Crippen LogP contribution in [0.25, 0.3) is 0 Å². The van der Waals surface area contributed by atoms with Crippen molar-refractivity contribution in [2.45, 2.75) is 33.1 Å². The smallest absolute Gasteiger partial charge is 0.227 e. The average molecular weight is 203 g/mol. The van der Waals surface area contributed by atoms with Crippen LogP contribution in [-0.2, 0) is 17.6 Å². The molecule has 0 heterocycles. The van der Waals surface area contributed by atoms with Crippen molar-refractivity contribution in [3.63, 3.8) is 0 Å². The van der Waals surface area contributed by atoms with E-state index in [0.29, 0.717) is 0 Å². The number of fused-ring (bicyclic) bond motifs is 1. The molecule has 0 aliphatic heterocycles. The molecule has 2 nitrogen and oxygen atoms in total. The van der Waals surface area contributed by atoms with Crippen molar-refractivity contribution in [1.29, 1.82) is 0 Å². The van der Waals surface area contributed by atoms with E-state index in [0.717, 1.165) is 18.5 Å². The number of carbonyl (C=O) groups is 1. The first-order chi connectivity index (χ1) is 7.20. The van der Waals surface area contributed by atoms with Gasteiger partial charge in [-0.05, 0) is 42.5 Å². The minimum absolute atomic E-state index is 0.0936. The number of carbonyl (C=O) groups excluding carboxylic acids is 1. The van der Waals surface area contributed by atoms with Crippen molar-refractivity contribution in [2.24, 2.45) is 5.92 Å². The summed E-state index contributed by atoms with van der Waals surface area (Å²) in [7, 11) is 0. The molecule has 0 aromatic heterocycles. The van der Waals surface area contributed by atoms with Gasteiger partial charge in [0, 0.05) is 11.6 Å². The van der Waals surface area contributed by atoms with Crippen molar-refractivity contribution in [3.8, 4) is 0 Å². The van der Waals surface area contributed by atoms with Gasteiger partial charge in [0.15, 0.2) is 0 Å². The Hall–Kier alpha value is -1.31. The van der Waals surface area contributed by atoms with E-state index in [-0.39, 0.29) is 11.8 Å². The van der Waals surface area contributed by atoms with Gasteiger partial charge in [-0.25, -0.2) is 0 Å². The normalized spacial score (nSPS) is 15.1. The highest BCUT2D eigenvalue weighted by Crippen LogP contribution is 2.26. The number of hydrogen-bond donors (Lipinski definition) is 1. The van der Waals surface area contributed by atoms with Crippen LogP contribution in [0.15, 0.2) is 18.2 Å². The predicted octanol–water partition coefficient (Wildman–Crippen LogP) is 2.77. The molecule has 80 valence electrons. The minimum atomic E-state index is 0.0936. The molecule has 1 aromatic carbocycles. The largest absolute Gasteiger partial charge is 0.326 e. The van der Waals surface area contributed by atoms with Gasteiger partial charge in [0.05, 0.1) is 0 Å². The van der Waals surface area contributed by atoms with Crippen LogP contribution in [0.3, 0.4) is 0 Å². The van der Waals surface area contributed by atoms with E-state index in [4.69, 9.17) is 0 Å². The lowest BCUT2D eigenvalue weighted by atomic mass is 9.88. The highest BCUT2D eigenvalue weighted by Gasteiger charge is 2.15. The molecular weight excluding hydrogens is 186 g/mol. The maximum absolute atomic E-state index is 11.6. The number of nitrogens with one attached hydrogen (secondary N) is 1. The highest BCUT2D eigenvalue weighted by atomic mass is 16.1. The SMILES string of the molecule is CCC(C)C(=O)Nc1ccc2c(c1)CC2. The van der Waals surface area contributed by atoms with Crippen LogP contribution < -0.4 is 5.32 Å². The zero-order chi connectivity index (χ0) is 10.8. The lowest BCUT2D eigenvalue weighted by Gasteiger charge is -2.20. The first-order valence-electron chi connectivity index (χ1n) is 5.63. The van der Waals surface area contributed by atoms with Gasteiger partial charge in [0.1, 0.15) is 0 Å². The standard InChI is InChI=1S/C13H17NO/c1-3-9(2)13(15)14-12-7-6-10-4-5-11(10)8-12/h6-9H,3-5H2,1-2H3,(H,14,15). The van der Waals surface area contributed by atoms with E-state index >= 15 is 0 Å². The predicted molar refractivity (Wildman–Crippen MR) is 61.9 cm³/mol. The van der Waals surface area contributed by atoms with E-state index in [2.05, 4.69) is 17.4 Å².